The number of halogens is 1. The normalized spacial score (nSPS) is 13.7. The summed E-state index contributed by atoms with van der Waals surface area (Å²) < 4.78 is 5.13. The van der Waals surface area contributed by atoms with Crippen LogP contribution in [0.3, 0.4) is 0 Å². The van der Waals surface area contributed by atoms with Gasteiger partial charge in [-0.25, -0.2) is 0 Å². The number of carbonyl (C=O) groups excluding carboxylic acids is 1. The van der Waals surface area contributed by atoms with Gasteiger partial charge in [0.25, 0.3) is 5.91 Å². The number of amides is 1. The molecule has 1 aromatic rings. The molecule has 20 heavy (non-hydrogen) atoms. The third kappa shape index (κ3) is 5.23. The molecule has 1 amide bonds. The first-order valence-electron chi connectivity index (χ1n) is 6.22. The van der Waals surface area contributed by atoms with E-state index in [1.54, 1.807) is 36.9 Å². The summed E-state index contributed by atoms with van der Waals surface area (Å²) >= 11 is 7.55. The minimum atomic E-state index is -0.926. The molecule has 0 spiro atoms. The number of benzene rings is 1. The third-order valence-corrected chi connectivity index (χ3v) is 3.73. The second-order valence-corrected chi connectivity index (χ2v) is 6.19. The molecule has 0 unspecified atom stereocenters. The minimum absolute atomic E-state index is 0.183. The zero-order valence-electron chi connectivity index (χ0n) is 11.9. The van der Waals surface area contributed by atoms with Gasteiger partial charge >= 0.3 is 0 Å². The predicted molar refractivity (Wildman–Crippen MR) is 84.0 cm³/mol. The van der Waals surface area contributed by atoms with E-state index in [1.165, 1.54) is 7.11 Å². The van der Waals surface area contributed by atoms with Crippen molar-refractivity contribution >= 4 is 29.3 Å². The quantitative estimate of drug-likeness (QED) is 0.811. The summed E-state index contributed by atoms with van der Waals surface area (Å²) in [7, 11) is 1.49. The summed E-state index contributed by atoms with van der Waals surface area (Å²) in [6.07, 6.45) is 2.59. The number of ether oxygens (including phenoxy) is 1. The average Bonchev–Trinajstić information content (AvgIpc) is 2.42. The topological polar surface area (TPSA) is 58.6 Å². The van der Waals surface area contributed by atoms with E-state index >= 15 is 0 Å². The van der Waals surface area contributed by atoms with Crippen LogP contribution in [0.4, 0.5) is 0 Å². The number of carbonyl (C=O) groups is 1. The maximum absolute atomic E-state index is 12.1. The van der Waals surface area contributed by atoms with Gasteiger partial charge in [0.15, 0.2) is 0 Å². The lowest BCUT2D eigenvalue weighted by Crippen LogP contribution is -2.41. The lowest BCUT2D eigenvalue weighted by molar-refractivity contribution is 0.0527. The van der Waals surface area contributed by atoms with E-state index in [4.69, 9.17) is 16.3 Å². The lowest BCUT2D eigenvalue weighted by atomic mass is 10.0. The van der Waals surface area contributed by atoms with E-state index in [-0.39, 0.29) is 12.5 Å². The van der Waals surface area contributed by atoms with Crippen molar-refractivity contribution in [2.24, 2.45) is 0 Å². The summed E-state index contributed by atoms with van der Waals surface area (Å²) in [5.74, 6) is 0.980. The Labute approximate surface area is 128 Å². The number of thioether (sulfide) groups is 1. The number of hydrogen-bond acceptors (Lipinski definition) is 4. The summed E-state index contributed by atoms with van der Waals surface area (Å²) in [5, 5.41) is 13.3. The van der Waals surface area contributed by atoms with Crippen LogP contribution in [-0.2, 0) is 0 Å². The second-order valence-electron chi connectivity index (χ2n) is 4.77. The van der Waals surface area contributed by atoms with Crippen LogP contribution in [0.5, 0.6) is 5.75 Å². The Balaban J connectivity index is 2.69. The molecule has 1 atom stereocenters. The average molecular weight is 318 g/mol. The van der Waals surface area contributed by atoms with Crippen molar-refractivity contribution in [3.63, 3.8) is 0 Å². The van der Waals surface area contributed by atoms with Gasteiger partial charge in [0.05, 0.1) is 18.3 Å². The molecular weight excluding hydrogens is 298 g/mol. The maximum Gasteiger partial charge on any atom is 0.255 e. The molecule has 0 saturated heterocycles. The van der Waals surface area contributed by atoms with Crippen molar-refractivity contribution in [1.29, 1.82) is 0 Å². The molecule has 1 rings (SSSR count). The summed E-state index contributed by atoms with van der Waals surface area (Å²) in [4.78, 5) is 12.1. The second kappa shape index (κ2) is 7.76. The summed E-state index contributed by atoms with van der Waals surface area (Å²) in [6.45, 7) is 1.89. The molecule has 2 N–H and O–H groups in total. The highest BCUT2D eigenvalue weighted by molar-refractivity contribution is 7.98. The van der Waals surface area contributed by atoms with Crippen molar-refractivity contribution in [2.45, 2.75) is 18.9 Å². The number of rotatable bonds is 7. The fourth-order valence-corrected chi connectivity index (χ4v) is 2.45. The number of aliphatic hydroxyl groups is 1. The van der Waals surface area contributed by atoms with Gasteiger partial charge in [-0.05, 0) is 43.6 Å². The largest absolute Gasteiger partial charge is 0.496 e. The Bertz CT molecular complexity index is 466. The van der Waals surface area contributed by atoms with E-state index in [0.29, 0.717) is 22.8 Å². The standard InChI is InChI=1S/C14H20ClNO3S/c1-14(18,6-7-20-3)9-16-13(17)11-8-10(15)4-5-12(11)19-2/h4-5,8,18H,6-7,9H2,1-3H3,(H,16,17)/t14-/m0/s1. The van der Waals surface area contributed by atoms with Crippen molar-refractivity contribution in [2.75, 3.05) is 25.7 Å². The molecule has 0 fully saturated rings. The van der Waals surface area contributed by atoms with Crippen molar-refractivity contribution in [3.8, 4) is 5.75 Å². The molecule has 0 aliphatic carbocycles. The van der Waals surface area contributed by atoms with Crippen LogP contribution in [0.1, 0.15) is 23.7 Å². The molecule has 0 aromatic heterocycles. The van der Waals surface area contributed by atoms with E-state index in [2.05, 4.69) is 5.32 Å². The highest BCUT2D eigenvalue weighted by atomic mass is 35.5. The van der Waals surface area contributed by atoms with Crippen LogP contribution in [0.2, 0.25) is 5.02 Å². The smallest absolute Gasteiger partial charge is 0.255 e. The molecular formula is C14H20ClNO3S. The Morgan fingerprint density at radius 2 is 2.25 bits per heavy atom. The number of hydrogen-bond donors (Lipinski definition) is 2. The van der Waals surface area contributed by atoms with E-state index < -0.39 is 5.60 Å². The zero-order valence-corrected chi connectivity index (χ0v) is 13.5. The predicted octanol–water partition coefficient (Wildman–Crippen LogP) is 2.58. The molecule has 0 saturated carbocycles. The Morgan fingerprint density at radius 3 is 2.85 bits per heavy atom. The Hall–Kier alpha value is -0.910. The molecule has 0 bridgehead atoms. The van der Waals surface area contributed by atoms with E-state index in [9.17, 15) is 9.90 Å². The zero-order chi connectivity index (χ0) is 15.2. The van der Waals surface area contributed by atoms with Crippen LogP contribution in [0.15, 0.2) is 18.2 Å². The van der Waals surface area contributed by atoms with Crippen LogP contribution in [0.25, 0.3) is 0 Å². The fraction of sp³-hybridized carbons (Fsp3) is 0.500. The van der Waals surface area contributed by atoms with E-state index in [0.717, 1.165) is 5.75 Å². The van der Waals surface area contributed by atoms with Gasteiger partial charge in [-0.1, -0.05) is 11.6 Å². The fourth-order valence-electron chi connectivity index (χ4n) is 1.63. The van der Waals surface area contributed by atoms with Crippen LogP contribution < -0.4 is 10.1 Å². The molecule has 6 heteroatoms. The minimum Gasteiger partial charge on any atom is -0.496 e. The molecule has 112 valence electrons. The molecule has 0 radical (unpaired) electrons. The van der Waals surface area contributed by atoms with Gasteiger partial charge in [-0.15, -0.1) is 0 Å². The summed E-state index contributed by atoms with van der Waals surface area (Å²) in [6, 6.07) is 4.85. The van der Waals surface area contributed by atoms with Gasteiger partial charge in [-0.2, -0.15) is 11.8 Å². The van der Waals surface area contributed by atoms with Crippen molar-refractivity contribution in [1.82, 2.24) is 5.32 Å². The van der Waals surface area contributed by atoms with Crippen LogP contribution in [0, 0.1) is 0 Å². The first kappa shape index (κ1) is 17.1. The van der Waals surface area contributed by atoms with Crippen LogP contribution >= 0.6 is 23.4 Å². The Morgan fingerprint density at radius 1 is 1.55 bits per heavy atom. The first-order valence-corrected chi connectivity index (χ1v) is 8.00. The molecule has 4 nitrogen and oxygen atoms in total. The first-order chi connectivity index (χ1) is 9.39. The molecule has 1 aromatic carbocycles. The van der Waals surface area contributed by atoms with Gasteiger partial charge in [0.2, 0.25) is 0 Å². The number of methoxy groups -OCH3 is 1. The summed E-state index contributed by atoms with van der Waals surface area (Å²) in [5.41, 5.74) is -0.564. The molecule has 0 aliphatic rings. The highest BCUT2D eigenvalue weighted by Crippen LogP contribution is 2.22. The van der Waals surface area contributed by atoms with Gasteiger partial charge in [0.1, 0.15) is 5.75 Å². The van der Waals surface area contributed by atoms with Crippen molar-refractivity contribution in [3.05, 3.63) is 28.8 Å². The maximum atomic E-state index is 12.1. The monoisotopic (exact) mass is 317 g/mol. The third-order valence-electron chi connectivity index (χ3n) is 2.88. The Kier molecular flexibility index (Phi) is 6.65. The van der Waals surface area contributed by atoms with E-state index in [1.807, 2.05) is 6.26 Å². The van der Waals surface area contributed by atoms with Gasteiger partial charge in [-0.3, -0.25) is 4.79 Å². The number of nitrogens with one attached hydrogen (secondary N) is 1. The van der Waals surface area contributed by atoms with Crippen LogP contribution in [-0.4, -0.2) is 42.3 Å². The SMILES string of the molecule is COc1ccc(Cl)cc1C(=O)NC[C@@](C)(O)CCSC. The van der Waals surface area contributed by atoms with Crippen molar-refractivity contribution < 1.29 is 14.6 Å². The van der Waals surface area contributed by atoms with Gasteiger partial charge in [0, 0.05) is 11.6 Å². The lowest BCUT2D eigenvalue weighted by Gasteiger charge is -2.23. The molecule has 0 heterocycles. The molecule has 0 aliphatic heterocycles. The highest BCUT2D eigenvalue weighted by Gasteiger charge is 2.22. The van der Waals surface area contributed by atoms with Gasteiger partial charge < -0.3 is 15.2 Å².